The van der Waals surface area contributed by atoms with Crippen LogP contribution in [0.5, 0.6) is 0 Å². The molecule has 1 N–H and O–H groups in total. The van der Waals surface area contributed by atoms with E-state index in [0.717, 1.165) is 23.8 Å². The van der Waals surface area contributed by atoms with Gasteiger partial charge in [-0.15, -0.1) is 11.3 Å². The van der Waals surface area contributed by atoms with Crippen LogP contribution in [-0.2, 0) is 17.9 Å². The van der Waals surface area contributed by atoms with Gasteiger partial charge in [-0.1, -0.05) is 37.6 Å². The lowest BCUT2D eigenvalue weighted by Crippen LogP contribution is -2.19. The van der Waals surface area contributed by atoms with Crippen molar-refractivity contribution in [3.05, 3.63) is 40.4 Å². The van der Waals surface area contributed by atoms with Gasteiger partial charge in [0.1, 0.15) is 5.01 Å². The zero-order chi connectivity index (χ0) is 15.2. The molecule has 0 radical (unpaired) electrons. The molecule has 0 aliphatic rings. The molecule has 0 aliphatic heterocycles. The Morgan fingerprint density at radius 3 is 2.81 bits per heavy atom. The third kappa shape index (κ3) is 4.63. The van der Waals surface area contributed by atoms with Crippen LogP contribution in [0.3, 0.4) is 0 Å². The summed E-state index contributed by atoms with van der Waals surface area (Å²) in [4.78, 5) is 6.03. The van der Waals surface area contributed by atoms with Gasteiger partial charge in [-0.2, -0.15) is 0 Å². The van der Waals surface area contributed by atoms with E-state index in [1.165, 1.54) is 16.0 Å². The second-order valence-electron chi connectivity index (χ2n) is 5.72. The normalized spacial score (nSPS) is 11.3. The summed E-state index contributed by atoms with van der Waals surface area (Å²) in [6.45, 7) is 8.99. The highest BCUT2D eigenvalue weighted by atomic mass is 32.1. The number of ether oxygens (including phenoxy) is 1. The predicted octanol–water partition coefficient (Wildman–Crippen LogP) is 4.01. The fourth-order valence-corrected chi connectivity index (χ4v) is 3.18. The number of thiazole rings is 1. The van der Waals surface area contributed by atoms with E-state index in [0.29, 0.717) is 12.5 Å². The third-order valence-corrected chi connectivity index (χ3v) is 4.31. The first-order chi connectivity index (χ1) is 10.1. The lowest BCUT2D eigenvalue weighted by atomic mass is 10.1. The summed E-state index contributed by atoms with van der Waals surface area (Å²) >= 11 is 1.76. The number of aryl methyl sites for hydroxylation is 1. The number of hydrogen-bond donors (Lipinski definition) is 1. The molecule has 0 spiro atoms. The SMILES string of the molecule is COCc1nc(-c2cccc(C)c2)sc1CNCC(C)C. The fourth-order valence-electron chi connectivity index (χ4n) is 2.15. The van der Waals surface area contributed by atoms with Gasteiger partial charge in [-0.3, -0.25) is 0 Å². The van der Waals surface area contributed by atoms with E-state index >= 15 is 0 Å². The minimum absolute atomic E-state index is 0.570. The Bertz CT molecular complexity index is 578. The van der Waals surface area contributed by atoms with Gasteiger partial charge in [0.15, 0.2) is 0 Å². The summed E-state index contributed by atoms with van der Waals surface area (Å²) in [5.74, 6) is 0.653. The zero-order valence-corrected chi connectivity index (χ0v) is 14.1. The zero-order valence-electron chi connectivity index (χ0n) is 13.3. The molecule has 1 aromatic heterocycles. The van der Waals surface area contributed by atoms with E-state index in [2.05, 4.69) is 50.4 Å². The van der Waals surface area contributed by atoms with Crippen molar-refractivity contribution in [3.63, 3.8) is 0 Å². The van der Waals surface area contributed by atoms with Gasteiger partial charge < -0.3 is 10.1 Å². The van der Waals surface area contributed by atoms with Gasteiger partial charge in [-0.25, -0.2) is 4.98 Å². The smallest absolute Gasteiger partial charge is 0.124 e. The molecule has 1 heterocycles. The van der Waals surface area contributed by atoms with E-state index in [1.807, 2.05) is 0 Å². The summed E-state index contributed by atoms with van der Waals surface area (Å²) in [5, 5.41) is 4.57. The second-order valence-corrected chi connectivity index (χ2v) is 6.80. The van der Waals surface area contributed by atoms with Crippen LogP contribution in [0.15, 0.2) is 24.3 Å². The summed E-state index contributed by atoms with van der Waals surface area (Å²) in [6, 6.07) is 8.49. The van der Waals surface area contributed by atoms with Crippen LogP contribution in [0, 0.1) is 12.8 Å². The molecule has 0 atom stereocenters. The largest absolute Gasteiger partial charge is 0.378 e. The standard InChI is InChI=1S/C17H24N2OS/c1-12(2)9-18-10-16-15(11-20-4)19-17(21-16)14-7-5-6-13(3)8-14/h5-8,12,18H,9-11H2,1-4H3. The predicted molar refractivity (Wildman–Crippen MR) is 89.5 cm³/mol. The minimum atomic E-state index is 0.570. The highest BCUT2D eigenvalue weighted by molar-refractivity contribution is 7.15. The Labute approximate surface area is 131 Å². The van der Waals surface area contributed by atoms with Crippen LogP contribution in [0.1, 0.15) is 30.0 Å². The molecule has 114 valence electrons. The number of benzene rings is 1. The molecule has 21 heavy (non-hydrogen) atoms. The van der Waals surface area contributed by atoms with Crippen molar-refractivity contribution in [2.75, 3.05) is 13.7 Å². The highest BCUT2D eigenvalue weighted by Gasteiger charge is 2.12. The molecular weight excluding hydrogens is 280 g/mol. The molecule has 2 rings (SSSR count). The maximum Gasteiger partial charge on any atom is 0.124 e. The van der Waals surface area contributed by atoms with Crippen LogP contribution < -0.4 is 5.32 Å². The molecule has 0 bridgehead atoms. The van der Waals surface area contributed by atoms with Crippen LogP contribution in [0.25, 0.3) is 10.6 Å². The van der Waals surface area contributed by atoms with Gasteiger partial charge in [0.2, 0.25) is 0 Å². The van der Waals surface area contributed by atoms with Gasteiger partial charge >= 0.3 is 0 Å². The summed E-state index contributed by atoms with van der Waals surface area (Å²) < 4.78 is 5.29. The van der Waals surface area contributed by atoms with Crippen molar-refractivity contribution in [1.82, 2.24) is 10.3 Å². The molecule has 0 aliphatic carbocycles. The number of methoxy groups -OCH3 is 1. The maximum absolute atomic E-state index is 5.29. The number of rotatable bonds is 7. The van der Waals surface area contributed by atoms with Crippen LogP contribution in [0.4, 0.5) is 0 Å². The Morgan fingerprint density at radius 1 is 1.33 bits per heavy atom. The van der Waals surface area contributed by atoms with Crippen molar-refractivity contribution in [3.8, 4) is 10.6 Å². The van der Waals surface area contributed by atoms with E-state index in [9.17, 15) is 0 Å². The molecule has 0 saturated carbocycles. The Hall–Kier alpha value is -1.23. The Balaban J connectivity index is 2.19. The Kier molecular flexibility index (Phi) is 5.91. The van der Waals surface area contributed by atoms with Crippen molar-refractivity contribution in [2.24, 2.45) is 5.92 Å². The van der Waals surface area contributed by atoms with E-state index in [-0.39, 0.29) is 0 Å². The number of nitrogens with one attached hydrogen (secondary N) is 1. The van der Waals surface area contributed by atoms with Crippen LogP contribution in [-0.4, -0.2) is 18.6 Å². The minimum Gasteiger partial charge on any atom is -0.378 e. The molecule has 0 fully saturated rings. The van der Waals surface area contributed by atoms with Gasteiger partial charge in [0, 0.05) is 24.1 Å². The number of nitrogens with zero attached hydrogens (tertiary/aromatic N) is 1. The van der Waals surface area contributed by atoms with Crippen LogP contribution in [0.2, 0.25) is 0 Å². The first-order valence-electron chi connectivity index (χ1n) is 7.35. The molecule has 4 heteroatoms. The molecule has 0 amide bonds. The summed E-state index contributed by atoms with van der Waals surface area (Å²) in [5.41, 5.74) is 3.50. The molecule has 0 unspecified atom stereocenters. The van der Waals surface area contributed by atoms with Crippen molar-refractivity contribution in [2.45, 2.75) is 33.9 Å². The fraction of sp³-hybridized carbons (Fsp3) is 0.471. The molecular formula is C17H24N2OS. The average molecular weight is 304 g/mol. The summed E-state index contributed by atoms with van der Waals surface area (Å²) in [7, 11) is 1.72. The van der Waals surface area contributed by atoms with Crippen molar-refractivity contribution >= 4 is 11.3 Å². The third-order valence-electron chi connectivity index (χ3n) is 3.16. The van der Waals surface area contributed by atoms with E-state index < -0.39 is 0 Å². The molecule has 2 aromatic rings. The number of hydrogen-bond acceptors (Lipinski definition) is 4. The molecule has 3 nitrogen and oxygen atoms in total. The quantitative estimate of drug-likeness (QED) is 0.839. The second kappa shape index (κ2) is 7.69. The number of aromatic nitrogens is 1. The average Bonchev–Trinajstić information content (AvgIpc) is 2.82. The van der Waals surface area contributed by atoms with Crippen molar-refractivity contribution < 1.29 is 4.74 Å². The lowest BCUT2D eigenvalue weighted by Gasteiger charge is -2.06. The van der Waals surface area contributed by atoms with Crippen LogP contribution >= 0.6 is 11.3 Å². The Morgan fingerprint density at radius 2 is 2.14 bits per heavy atom. The first-order valence-corrected chi connectivity index (χ1v) is 8.17. The van der Waals surface area contributed by atoms with E-state index in [1.54, 1.807) is 18.4 Å². The maximum atomic E-state index is 5.29. The summed E-state index contributed by atoms with van der Waals surface area (Å²) in [6.07, 6.45) is 0. The van der Waals surface area contributed by atoms with Crippen molar-refractivity contribution in [1.29, 1.82) is 0 Å². The van der Waals surface area contributed by atoms with Gasteiger partial charge in [-0.05, 0) is 25.5 Å². The topological polar surface area (TPSA) is 34.1 Å². The molecule has 0 saturated heterocycles. The molecule has 1 aromatic carbocycles. The van der Waals surface area contributed by atoms with Gasteiger partial charge in [0.05, 0.1) is 12.3 Å². The lowest BCUT2D eigenvalue weighted by molar-refractivity contribution is 0.181. The monoisotopic (exact) mass is 304 g/mol. The van der Waals surface area contributed by atoms with E-state index in [4.69, 9.17) is 9.72 Å². The highest BCUT2D eigenvalue weighted by Crippen LogP contribution is 2.29. The van der Waals surface area contributed by atoms with Gasteiger partial charge in [0.25, 0.3) is 0 Å². The first kappa shape index (κ1) is 16.1.